The Morgan fingerprint density at radius 1 is 1.38 bits per heavy atom. The predicted molar refractivity (Wildman–Crippen MR) is 70.0 cm³/mol. The molecular weight excluding hydrogens is 220 g/mol. The van der Waals surface area contributed by atoms with Gasteiger partial charge in [-0.15, -0.1) is 11.3 Å². The first-order valence-corrected chi connectivity index (χ1v) is 6.39. The summed E-state index contributed by atoms with van der Waals surface area (Å²) in [6, 6.07) is 2.06. The second-order valence-electron chi connectivity index (χ2n) is 3.62. The summed E-state index contributed by atoms with van der Waals surface area (Å²) in [7, 11) is 0. The molecule has 5 heteroatoms. The summed E-state index contributed by atoms with van der Waals surface area (Å²) in [5, 5.41) is 3.14. The maximum Gasteiger partial charge on any atom is 0.223 e. The lowest BCUT2D eigenvalue weighted by atomic mass is 10.3. The number of hydrogen-bond acceptors (Lipinski definition) is 5. The normalized spacial score (nSPS) is 10.9. The monoisotopic (exact) mass is 236 g/mol. The largest absolute Gasteiger partial charge is 0.368 e. The van der Waals surface area contributed by atoms with Crippen LogP contribution in [0.5, 0.6) is 0 Å². The highest BCUT2D eigenvalue weighted by atomic mass is 32.1. The molecule has 0 spiro atoms. The van der Waals surface area contributed by atoms with Crippen LogP contribution >= 0.6 is 11.3 Å². The van der Waals surface area contributed by atoms with Crippen molar-refractivity contribution in [3.05, 3.63) is 11.4 Å². The minimum atomic E-state index is 0.361. The fourth-order valence-corrected chi connectivity index (χ4v) is 2.55. The van der Waals surface area contributed by atoms with Gasteiger partial charge in [0.1, 0.15) is 10.6 Å². The van der Waals surface area contributed by atoms with E-state index in [-0.39, 0.29) is 0 Å². The molecule has 0 unspecified atom stereocenters. The molecule has 0 saturated carbocycles. The van der Waals surface area contributed by atoms with E-state index in [0.717, 1.165) is 35.5 Å². The van der Waals surface area contributed by atoms with E-state index in [1.807, 2.05) is 5.38 Å². The average molecular weight is 236 g/mol. The van der Waals surface area contributed by atoms with E-state index in [0.29, 0.717) is 5.95 Å². The minimum Gasteiger partial charge on any atom is -0.368 e. The Balaban J connectivity index is 2.52. The number of hydrogen-bond donors (Lipinski definition) is 1. The van der Waals surface area contributed by atoms with Gasteiger partial charge in [0.25, 0.3) is 0 Å². The van der Waals surface area contributed by atoms with Crippen LogP contribution in [0.4, 0.5) is 11.8 Å². The molecule has 2 N–H and O–H groups in total. The second-order valence-corrected chi connectivity index (χ2v) is 4.52. The molecule has 16 heavy (non-hydrogen) atoms. The van der Waals surface area contributed by atoms with Gasteiger partial charge in [0, 0.05) is 13.1 Å². The zero-order chi connectivity index (χ0) is 11.5. The minimum absolute atomic E-state index is 0.361. The summed E-state index contributed by atoms with van der Waals surface area (Å²) in [4.78, 5) is 11.8. The van der Waals surface area contributed by atoms with Crippen LogP contribution in [0.25, 0.3) is 10.2 Å². The molecule has 2 heterocycles. The molecule has 4 nitrogen and oxygen atoms in total. The summed E-state index contributed by atoms with van der Waals surface area (Å²) in [5.74, 6) is 1.33. The molecule has 0 amide bonds. The zero-order valence-corrected chi connectivity index (χ0v) is 10.4. The van der Waals surface area contributed by atoms with Crippen molar-refractivity contribution in [2.75, 3.05) is 23.7 Å². The van der Waals surface area contributed by atoms with Crippen molar-refractivity contribution in [2.45, 2.75) is 20.3 Å². The Morgan fingerprint density at radius 2 is 2.19 bits per heavy atom. The Morgan fingerprint density at radius 3 is 2.88 bits per heavy atom. The van der Waals surface area contributed by atoms with E-state index in [1.165, 1.54) is 0 Å². The molecule has 0 aliphatic rings. The molecule has 86 valence electrons. The van der Waals surface area contributed by atoms with Crippen LogP contribution in [-0.2, 0) is 0 Å². The molecule has 0 fully saturated rings. The van der Waals surface area contributed by atoms with Crippen LogP contribution in [0, 0.1) is 0 Å². The molecule has 2 aromatic heterocycles. The van der Waals surface area contributed by atoms with E-state index in [2.05, 4.69) is 34.8 Å². The quantitative estimate of drug-likeness (QED) is 0.886. The van der Waals surface area contributed by atoms with Gasteiger partial charge >= 0.3 is 0 Å². The highest BCUT2D eigenvalue weighted by molar-refractivity contribution is 7.16. The van der Waals surface area contributed by atoms with Gasteiger partial charge in [-0.25, -0.2) is 4.98 Å². The number of thiophene rings is 1. The van der Waals surface area contributed by atoms with Crippen LogP contribution in [0.3, 0.4) is 0 Å². The van der Waals surface area contributed by atoms with E-state index in [4.69, 9.17) is 5.73 Å². The number of aromatic nitrogens is 2. The average Bonchev–Trinajstić information content (AvgIpc) is 2.72. The summed E-state index contributed by atoms with van der Waals surface area (Å²) in [6.45, 7) is 6.23. The van der Waals surface area contributed by atoms with Gasteiger partial charge in [0.05, 0.1) is 5.39 Å². The van der Waals surface area contributed by atoms with E-state index >= 15 is 0 Å². The SMILES string of the molecule is CCCN(CC)c1nc(N)nc2sccc12. The van der Waals surface area contributed by atoms with Crippen molar-refractivity contribution in [1.82, 2.24) is 9.97 Å². The first-order chi connectivity index (χ1) is 7.76. The van der Waals surface area contributed by atoms with Crippen molar-refractivity contribution in [2.24, 2.45) is 0 Å². The van der Waals surface area contributed by atoms with Gasteiger partial charge in [-0.05, 0) is 24.8 Å². The third-order valence-electron chi connectivity index (χ3n) is 2.50. The first-order valence-electron chi connectivity index (χ1n) is 5.52. The van der Waals surface area contributed by atoms with Crippen LogP contribution in [0.15, 0.2) is 11.4 Å². The summed E-state index contributed by atoms with van der Waals surface area (Å²) in [5.41, 5.74) is 5.73. The number of rotatable bonds is 4. The third kappa shape index (κ3) is 1.95. The van der Waals surface area contributed by atoms with Gasteiger partial charge in [0.2, 0.25) is 5.95 Å². The number of nitrogen functional groups attached to an aromatic ring is 1. The highest BCUT2D eigenvalue weighted by Crippen LogP contribution is 2.28. The van der Waals surface area contributed by atoms with Crippen molar-refractivity contribution in [3.8, 4) is 0 Å². The Bertz CT molecular complexity index is 480. The van der Waals surface area contributed by atoms with Crippen LogP contribution in [-0.4, -0.2) is 23.1 Å². The molecule has 0 aromatic carbocycles. The molecular formula is C11H16N4S. The lowest BCUT2D eigenvalue weighted by molar-refractivity contribution is 0.782. The molecule has 0 aliphatic carbocycles. The van der Waals surface area contributed by atoms with Crippen molar-refractivity contribution in [3.63, 3.8) is 0 Å². The Labute approximate surface area is 99.1 Å². The van der Waals surface area contributed by atoms with Crippen LogP contribution in [0.1, 0.15) is 20.3 Å². The highest BCUT2D eigenvalue weighted by Gasteiger charge is 2.12. The van der Waals surface area contributed by atoms with Gasteiger partial charge in [0.15, 0.2) is 0 Å². The van der Waals surface area contributed by atoms with Gasteiger partial charge in [-0.1, -0.05) is 6.92 Å². The fraction of sp³-hybridized carbons (Fsp3) is 0.455. The Hall–Kier alpha value is -1.36. The van der Waals surface area contributed by atoms with Crippen molar-refractivity contribution >= 4 is 33.3 Å². The fourth-order valence-electron chi connectivity index (χ4n) is 1.78. The Kier molecular flexibility index (Phi) is 3.24. The first kappa shape index (κ1) is 11.1. The van der Waals surface area contributed by atoms with E-state index < -0.39 is 0 Å². The number of fused-ring (bicyclic) bond motifs is 1. The molecule has 0 radical (unpaired) electrons. The lowest BCUT2D eigenvalue weighted by Gasteiger charge is -2.21. The molecule has 2 aromatic rings. The van der Waals surface area contributed by atoms with Gasteiger partial charge in [-0.3, -0.25) is 0 Å². The maximum absolute atomic E-state index is 5.73. The number of nitrogens with two attached hydrogens (primary N) is 1. The van der Waals surface area contributed by atoms with Gasteiger partial charge in [-0.2, -0.15) is 4.98 Å². The molecule has 2 rings (SSSR count). The zero-order valence-electron chi connectivity index (χ0n) is 9.60. The lowest BCUT2D eigenvalue weighted by Crippen LogP contribution is -2.25. The smallest absolute Gasteiger partial charge is 0.223 e. The predicted octanol–water partition coefficient (Wildman–Crippen LogP) is 2.51. The summed E-state index contributed by atoms with van der Waals surface area (Å²) < 4.78 is 0. The van der Waals surface area contributed by atoms with Crippen LogP contribution < -0.4 is 10.6 Å². The van der Waals surface area contributed by atoms with Crippen molar-refractivity contribution in [1.29, 1.82) is 0 Å². The van der Waals surface area contributed by atoms with E-state index in [9.17, 15) is 0 Å². The summed E-state index contributed by atoms with van der Waals surface area (Å²) in [6.07, 6.45) is 1.10. The van der Waals surface area contributed by atoms with Gasteiger partial charge < -0.3 is 10.6 Å². The maximum atomic E-state index is 5.73. The molecule has 0 saturated heterocycles. The molecule has 0 aliphatic heterocycles. The molecule has 0 atom stereocenters. The summed E-state index contributed by atoms with van der Waals surface area (Å²) >= 11 is 1.60. The number of anilines is 2. The second kappa shape index (κ2) is 4.65. The van der Waals surface area contributed by atoms with E-state index in [1.54, 1.807) is 11.3 Å². The standard InChI is InChI=1S/C11H16N4S/c1-3-6-15(4-2)9-8-5-7-16-10(8)14-11(12)13-9/h5,7H,3-4,6H2,1-2H3,(H2,12,13,14). The third-order valence-corrected chi connectivity index (χ3v) is 3.30. The molecule has 0 bridgehead atoms. The topological polar surface area (TPSA) is 55.0 Å². The van der Waals surface area contributed by atoms with Crippen LogP contribution in [0.2, 0.25) is 0 Å². The number of nitrogens with zero attached hydrogens (tertiary/aromatic N) is 3. The van der Waals surface area contributed by atoms with Crippen molar-refractivity contribution < 1.29 is 0 Å².